The number of rotatable bonds is 4. The number of hydrogen-bond donors (Lipinski definition) is 1. The van der Waals surface area contributed by atoms with E-state index in [1.165, 1.54) is 0 Å². The Bertz CT molecular complexity index is 531. The van der Waals surface area contributed by atoms with Crippen molar-refractivity contribution in [3.63, 3.8) is 0 Å². The Morgan fingerprint density at radius 3 is 1.48 bits per heavy atom. The van der Waals surface area contributed by atoms with Crippen LogP contribution in [0, 0.1) is 0 Å². The number of hydrogen-bond acceptors (Lipinski definition) is 5. The second-order valence-electron chi connectivity index (χ2n) is 7.25. The molecule has 0 fully saturated rings. The molecule has 0 aromatic carbocycles. The summed E-state index contributed by atoms with van der Waals surface area (Å²) in [5.74, 6) is 0. The molecule has 0 amide bonds. The average Bonchev–Trinajstić information content (AvgIpc) is 2.95. The molecular formula is C14H25N7. The van der Waals surface area contributed by atoms with E-state index in [2.05, 4.69) is 67.5 Å². The first-order valence-electron chi connectivity index (χ1n) is 7.20. The van der Waals surface area contributed by atoms with Gasteiger partial charge in [-0.1, -0.05) is 10.4 Å². The van der Waals surface area contributed by atoms with E-state index in [1.54, 1.807) is 0 Å². The van der Waals surface area contributed by atoms with Crippen molar-refractivity contribution in [1.82, 2.24) is 35.3 Å². The lowest BCUT2D eigenvalue weighted by molar-refractivity contribution is 0.346. The number of aromatic nitrogens is 6. The zero-order chi connectivity index (χ0) is 15.7. The van der Waals surface area contributed by atoms with E-state index in [9.17, 15) is 0 Å². The molecule has 0 aliphatic rings. The minimum absolute atomic E-state index is 0.0410. The SMILES string of the molecule is CC(C)(C)n1cc(CNCc2cn(C(C)(C)C)nn2)nn1. The Kier molecular flexibility index (Phi) is 4.13. The average molecular weight is 291 g/mol. The van der Waals surface area contributed by atoms with Gasteiger partial charge in [0, 0.05) is 13.1 Å². The summed E-state index contributed by atoms with van der Waals surface area (Å²) in [7, 11) is 0. The first-order valence-corrected chi connectivity index (χ1v) is 7.20. The van der Waals surface area contributed by atoms with Gasteiger partial charge >= 0.3 is 0 Å². The fraction of sp³-hybridized carbons (Fsp3) is 0.714. The van der Waals surface area contributed by atoms with Crippen LogP contribution in [0.4, 0.5) is 0 Å². The maximum Gasteiger partial charge on any atom is 0.0965 e. The first-order chi connectivity index (χ1) is 9.66. The number of nitrogens with zero attached hydrogens (tertiary/aromatic N) is 6. The molecule has 21 heavy (non-hydrogen) atoms. The smallest absolute Gasteiger partial charge is 0.0965 e. The van der Waals surface area contributed by atoms with Gasteiger partial charge in [-0.25, -0.2) is 9.36 Å². The predicted octanol–water partition coefficient (Wildman–Crippen LogP) is 1.67. The van der Waals surface area contributed by atoms with Gasteiger partial charge in [-0.15, -0.1) is 10.2 Å². The summed E-state index contributed by atoms with van der Waals surface area (Å²) in [6, 6.07) is 0. The van der Waals surface area contributed by atoms with Crippen molar-refractivity contribution in [2.45, 2.75) is 65.7 Å². The van der Waals surface area contributed by atoms with E-state index in [4.69, 9.17) is 0 Å². The molecule has 2 rings (SSSR count). The first kappa shape index (κ1) is 15.6. The van der Waals surface area contributed by atoms with Crippen molar-refractivity contribution in [3.8, 4) is 0 Å². The Balaban J connectivity index is 1.87. The molecule has 0 aliphatic heterocycles. The summed E-state index contributed by atoms with van der Waals surface area (Å²) in [5, 5.41) is 19.9. The fourth-order valence-electron chi connectivity index (χ4n) is 1.73. The molecule has 1 N–H and O–H groups in total. The van der Waals surface area contributed by atoms with Crippen LogP contribution in [0.1, 0.15) is 52.9 Å². The fourth-order valence-corrected chi connectivity index (χ4v) is 1.73. The van der Waals surface area contributed by atoms with Crippen LogP contribution in [-0.2, 0) is 24.2 Å². The van der Waals surface area contributed by atoms with Crippen LogP contribution in [0.3, 0.4) is 0 Å². The highest BCUT2D eigenvalue weighted by atomic mass is 15.5. The zero-order valence-corrected chi connectivity index (χ0v) is 13.8. The van der Waals surface area contributed by atoms with Gasteiger partial charge in [0.05, 0.1) is 34.9 Å². The third-order valence-electron chi connectivity index (χ3n) is 3.07. The van der Waals surface area contributed by atoms with Crippen LogP contribution < -0.4 is 5.32 Å². The number of nitrogens with one attached hydrogen (secondary N) is 1. The molecule has 0 unspecified atom stereocenters. The minimum Gasteiger partial charge on any atom is -0.305 e. The second kappa shape index (κ2) is 5.55. The highest BCUT2D eigenvalue weighted by Gasteiger charge is 2.16. The molecule has 2 heterocycles. The van der Waals surface area contributed by atoms with Gasteiger partial charge in [0.15, 0.2) is 0 Å². The second-order valence-corrected chi connectivity index (χ2v) is 7.25. The molecule has 0 radical (unpaired) electrons. The molecule has 2 aromatic rings. The van der Waals surface area contributed by atoms with Gasteiger partial charge in [-0.05, 0) is 41.5 Å². The van der Waals surface area contributed by atoms with Crippen LogP contribution in [0.25, 0.3) is 0 Å². The summed E-state index contributed by atoms with van der Waals surface area (Å²) < 4.78 is 3.75. The molecule has 0 saturated carbocycles. The summed E-state index contributed by atoms with van der Waals surface area (Å²) in [4.78, 5) is 0. The highest BCUT2D eigenvalue weighted by Crippen LogP contribution is 2.12. The van der Waals surface area contributed by atoms with Gasteiger partial charge < -0.3 is 5.32 Å². The Labute approximate surface area is 125 Å². The quantitative estimate of drug-likeness (QED) is 0.927. The lowest BCUT2D eigenvalue weighted by Gasteiger charge is -2.17. The zero-order valence-electron chi connectivity index (χ0n) is 13.8. The maximum atomic E-state index is 4.17. The monoisotopic (exact) mass is 291 g/mol. The summed E-state index contributed by atoms with van der Waals surface area (Å²) in [6.45, 7) is 13.9. The van der Waals surface area contributed by atoms with Crippen LogP contribution in [0.15, 0.2) is 12.4 Å². The Morgan fingerprint density at radius 2 is 1.19 bits per heavy atom. The lowest BCUT2D eigenvalue weighted by atomic mass is 10.1. The normalized spacial score (nSPS) is 12.9. The van der Waals surface area contributed by atoms with Crippen LogP contribution >= 0.6 is 0 Å². The molecule has 2 aromatic heterocycles. The van der Waals surface area contributed by atoms with Crippen molar-refractivity contribution >= 4 is 0 Å². The molecule has 0 aliphatic carbocycles. The van der Waals surface area contributed by atoms with Gasteiger partial charge in [0.25, 0.3) is 0 Å². The molecule has 116 valence electrons. The molecule has 7 heteroatoms. The van der Waals surface area contributed by atoms with Crippen molar-refractivity contribution < 1.29 is 0 Å². The Hall–Kier alpha value is -1.76. The van der Waals surface area contributed by atoms with Gasteiger partial charge in [0.2, 0.25) is 0 Å². The van der Waals surface area contributed by atoms with Crippen molar-refractivity contribution in [3.05, 3.63) is 23.8 Å². The van der Waals surface area contributed by atoms with Crippen LogP contribution in [0.5, 0.6) is 0 Å². The highest BCUT2D eigenvalue weighted by molar-refractivity contribution is 4.97. The molecular weight excluding hydrogens is 266 g/mol. The topological polar surface area (TPSA) is 73.5 Å². The van der Waals surface area contributed by atoms with Crippen molar-refractivity contribution in [2.75, 3.05) is 0 Å². The Morgan fingerprint density at radius 1 is 0.810 bits per heavy atom. The summed E-state index contributed by atoms with van der Waals surface area (Å²) in [6.07, 6.45) is 3.94. The molecule has 0 bridgehead atoms. The standard InChI is InChI=1S/C14H25N7/c1-13(2,3)20-9-11(16-18-20)7-15-8-12-10-21(19-17-12)14(4,5)6/h9-10,15H,7-8H2,1-6H3. The van der Waals surface area contributed by atoms with Crippen molar-refractivity contribution in [2.24, 2.45) is 0 Å². The molecule has 7 nitrogen and oxygen atoms in total. The van der Waals surface area contributed by atoms with Gasteiger partial charge in [-0.3, -0.25) is 0 Å². The van der Waals surface area contributed by atoms with E-state index in [1.807, 2.05) is 21.8 Å². The largest absolute Gasteiger partial charge is 0.305 e. The van der Waals surface area contributed by atoms with E-state index in [0.29, 0.717) is 13.1 Å². The summed E-state index contributed by atoms with van der Waals surface area (Å²) in [5.41, 5.74) is 1.77. The molecule has 0 atom stereocenters. The maximum absolute atomic E-state index is 4.17. The lowest BCUT2D eigenvalue weighted by Crippen LogP contribution is -2.22. The van der Waals surface area contributed by atoms with E-state index >= 15 is 0 Å². The van der Waals surface area contributed by atoms with Crippen LogP contribution in [-0.4, -0.2) is 30.0 Å². The third-order valence-corrected chi connectivity index (χ3v) is 3.07. The molecule has 0 spiro atoms. The van der Waals surface area contributed by atoms with Gasteiger partial charge in [0.1, 0.15) is 0 Å². The van der Waals surface area contributed by atoms with Crippen molar-refractivity contribution in [1.29, 1.82) is 0 Å². The third kappa shape index (κ3) is 4.10. The van der Waals surface area contributed by atoms with E-state index < -0.39 is 0 Å². The van der Waals surface area contributed by atoms with Gasteiger partial charge in [-0.2, -0.15) is 0 Å². The van der Waals surface area contributed by atoms with E-state index in [-0.39, 0.29) is 11.1 Å². The van der Waals surface area contributed by atoms with Crippen LogP contribution in [0.2, 0.25) is 0 Å². The minimum atomic E-state index is -0.0410. The van der Waals surface area contributed by atoms with E-state index in [0.717, 1.165) is 11.4 Å². The summed E-state index contributed by atoms with van der Waals surface area (Å²) >= 11 is 0. The molecule has 0 saturated heterocycles. The predicted molar refractivity (Wildman–Crippen MR) is 80.6 cm³/mol.